The normalized spacial score (nSPS) is 12.4. The van der Waals surface area contributed by atoms with Gasteiger partial charge in [-0.15, -0.1) is 0 Å². The van der Waals surface area contributed by atoms with Crippen molar-refractivity contribution in [2.75, 3.05) is 6.67 Å². The third-order valence-electron chi connectivity index (χ3n) is 0.770. The highest BCUT2D eigenvalue weighted by Crippen LogP contribution is 1.86. The van der Waals surface area contributed by atoms with Crippen molar-refractivity contribution in [1.29, 1.82) is 0 Å². The Kier molecular flexibility index (Phi) is 4.69. The van der Waals surface area contributed by atoms with Gasteiger partial charge in [0, 0.05) is 0 Å². The molecule has 0 fully saturated rings. The molecule has 0 aliphatic rings. The number of carbonyl (C=O) groups is 1. The molecule has 0 aromatic heterocycles. The van der Waals surface area contributed by atoms with Crippen molar-refractivity contribution in [3.63, 3.8) is 0 Å². The monoisotopic (exact) mass is 128 g/mol. The average molecular weight is 128 g/mol. The van der Waals surface area contributed by atoms with Gasteiger partial charge in [-0.2, -0.15) is 0 Å². The Balaban J connectivity index is 3.68. The minimum absolute atomic E-state index is 0.483. The molecule has 0 saturated heterocycles. The molecule has 0 radical (unpaired) electrons. The smallest absolute Gasteiger partial charge is 0.145 e. The summed E-state index contributed by atoms with van der Waals surface area (Å²) in [4.78, 5) is 9.90. The van der Waals surface area contributed by atoms with Gasteiger partial charge in [0.25, 0.3) is 0 Å². The van der Waals surface area contributed by atoms with Crippen molar-refractivity contribution < 1.29 is 9.18 Å². The first-order valence-corrected chi connectivity index (χ1v) is 2.66. The van der Waals surface area contributed by atoms with Crippen LogP contribution < -0.4 is 0 Å². The van der Waals surface area contributed by atoms with E-state index in [1.807, 2.05) is 0 Å². The summed E-state index contributed by atoms with van der Waals surface area (Å²) < 4.78 is 11.3. The third kappa shape index (κ3) is 4.94. The number of halogens is 1. The van der Waals surface area contributed by atoms with Gasteiger partial charge in [-0.1, -0.05) is 18.2 Å². The lowest BCUT2D eigenvalue weighted by Gasteiger charge is -1.78. The van der Waals surface area contributed by atoms with E-state index in [1.54, 1.807) is 13.0 Å². The standard InChI is InChI=1S/C7H9FO/c1-7(6-9)4-2-3-5-8/h2-4,6H,5H2,1H3. The molecule has 0 unspecified atom stereocenters. The minimum Gasteiger partial charge on any atom is -0.298 e. The lowest BCUT2D eigenvalue weighted by molar-refractivity contribution is -0.104. The molecule has 0 aliphatic carbocycles. The maximum atomic E-state index is 11.3. The van der Waals surface area contributed by atoms with Crippen LogP contribution in [0, 0.1) is 0 Å². The van der Waals surface area contributed by atoms with Gasteiger partial charge in [0.1, 0.15) is 13.0 Å². The molecule has 50 valence electrons. The van der Waals surface area contributed by atoms with Crippen LogP contribution in [-0.4, -0.2) is 13.0 Å². The number of carbonyl (C=O) groups excluding carboxylic acids is 1. The van der Waals surface area contributed by atoms with Gasteiger partial charge in [0.15, 0.2) is 0 Å². The predicted octanol–water partition coefficient (Wildman–Crippen LogP) is 1.66. The van der Waals surface area contributed by atoms with Gasteiger partial charge in [0.2, 0.25) is 0 Å². The van der Waals surface area contributed by atoms with E-state index in [2.05, 4.69) is 0 Å². The van der Waals surface area contributed by atoms with Gasteiger partial charge >= 0.3 is 0 Å². The van der Waals surface area contributed by atoms with Crippen LogP contribution in [-0.2, 0) is 4.79 Å². The molecule has 0 rings (SSSR count). The summed E-state index contributed by atoms with van der Waals surface area (Å²) in [6.07, 6.45) is 5.14. The Labute approximate surface area is 53.9 Å². The molecule has 0 bridgehead atoms. The van der Waals surface area contributed by atoms with E-state index in [4.69, 9.17) is 0 Å². The van der Waals surface area contributed by atoms with E-state index in [0.29, 0.717) is 5.57 Å². The van der Waals surface area contributed by atoms with Crippen LogP contribution in [0.4, 0.5) is 4.39 Å². The highest BCUT2D eigenvalue weighted by Gasteiger charge is 1.76. The summed E-state index contributed by atoms with van der Waals surface area (Å²) in [5.41, 5.74) is 0.597. The third-order valence-corrected chi connectivity index (χ3v) is 0.770. The zero-order valence-corrected chi connectivity index (χ0v) is 5.30. The van der Waals surface area contributed by atoms with Crippen molar-refractivity contribution in [3.05, 3.63) is 23.8 Å². The van der Waals surface area contributed by atoms with Gasteiger partial charge < -0.3 is 0 Å². The molecule has 0 aromatic carbocycles. The summed E-state index contributed by atoms with van der Waals surface area (Å²) in [5, 5.41) is 0. The molecule has 0 saturated carbocycles. The Bertz CT molecular complexity index is 136. The van der Waals surface area contributed by atoms with E-state index in [1.165, 1.54) is 12.2 Å². The van der Waals surface area contributed by atoms with Crippen LogP contribution in [0.3, 0.4) is 0 Å². The fourth-order valence-electron chi connectivity index (χ4n) is 0.311. The molecule has 1 nitrogen and oxygen atoms in total. The first-order chi connectivity index (χ1) is 4.31. The van der Waals surface area contributed by atoms with Crippen molar-refractivity contribution in [1.82, 2.24) is 0 Å². The van der Waals surface area contributed by atoms with E-state index in [-0.39, 0.29) is 0 Å². The Hall–Kier alpha value is -0.920. The summed E-state index contributed by atoms with van der Waals surface area (Å²) in [7, 11) is 0. The quantitative estimate of drug-likeness (QED) is 0.321. The lowest BCUT2D eigenvalue weighted by atomic mass is 10.3. The molecule has 0 aliphatic heterocycles. The highest BCUT2D eigenvalue weighted by molar-refractivity contribution is 5.72. The zero-order chi connectivity index (χ0) is 7.11. The van der Waals surface area contributed by atoms with Crippen molar-refractivity contribution >= 4 is 6.29 Å². The Morgan fingerprint density at radius 2 is 2.33 bits per heavy atom. The summed E-state index contributed by atoms with van der Waals surface area (Å²) in [5.74, 6) is 0. The highest BCUT2D eigenvalue weighted by atomic mass is 19.1. The number of aldehydes is 1. The van der Waals surface area contributed by atoms with E-state index >= 15 is 0 Å². The first-order valence-electron chi connectivity index (χ1n) is 2.66. The lowest BCUT2D eigenvalue weighted by Crippen LogP contribution is -1.72. The van der Waals surface area contributed by atoms with Gasteiger partial charge in [-0.05, 0) is 12.5 Å². The van der Waals surface area contributed by atoms with Crippen LogP contribution in [0.15, 0.2) is 23.8 Å². The van der Waals surface area contributed by atoms with Gasteiger partial charge in [-0.25, -0.2) is 4.39 Å². The predicted molar refractivity (Wildman–Crippen MR) is 34.9 cm³/mol. The second-order valence-electron chi connectivity index (χ2n) is 1.61. The maximum Gasteiger partial charge on any atom is 0.145 e. The zero-order valence-electron chi connectivity index (χ0n) is 5.30. The Morgan fingerprint density at radius 1 is 1.67 bits per heavy atom. The molecule has 0 amide bonds. The molecule has 0 atom stereocenters. The van der Waals surface area contributed by atoms with Crippen molar-refractivity contribution in [3.8, 4) is 0 Å². The Morgan fingerprint density at radius 3 is 2.78 bits per heavy atom. The topological polar surface area (TPSA) is 17.1 Å². The number of hydrogen-bond donors (Lipinski definition) is 0. The van der Waals surface area contributed by atoms with Crippen LogP contribution in [0.1, 0.15) is 6.92 Å². The molecule has 0 heterocycles. The molecule has 0 N–H and O–H groups in total. The SMILES string of the molecule is CC(C=O)=CC=CCF. The molecule has 0 aromatic rings. The molecular formula is C7H9FO. The molecule has 0 spiro atoms. The summed E-state index contributed by atoms with van der Waals surface area (Å²) in [6, 6.07) is 0. The van der Waals surface area contributed by atoms with Crippen molar-refractivity contribution in [2.45, 2.75) is 6.92 Å². The summed E-state index contributed by atoms with van der Waals surface area (Å²) >= 11 is 0. The molecule has 2 heteroatoms. The van der Waals surface area contributed by atoms with E-state index in [0.717, 1.165) is 6.29 Å². The number of hydrogen-bond acceptors (Lipinski definition) is 1. The number of allylic oxidation sites excluding steroid dienone is 4. The van der Waals surface area contributed by atoms with Gasteiger partial charge in [0.05, 0.1) is 0 Å². The maximum absolute atomic E-state index is 11.3. The van der Waals surface area contributed by atoms with E-state index in [9.17, 15) is 9.18 Å². The second kappa shape index (κ2) is 5.22. The first kappa shape index (κ1) is 8.08. The molecular weight excluding hydrogens is 119 g/mol. The van der Waals surface area contributed by atoms with Crippen LogP contribution in [0.5, 0.6) is 0 Å². The van der Waals surface area contributed by atoms with Gasteiger partial charge in [-0.3, -0.25) is 4.79 Å². The van der Waals surface area contributed by atoms with Crippen LogP contribution in [0.25, 0.3) is 0 Å². The van der Waals surface area contributed by atoms with Crippen LogP contribution in [0.2, 0.25) is 0 Å². The van der Waals surface area contributed by atoms with E-state index < -0.39 is 6.67 Å². The average Bonchev–Trinajstić information content (AvgIpc) is 1.89. The van der Waals surface area contributed by atoms with Crippen LogP contribution >= 0.6 is 0 Å². The summed E-state index contributed by atoms with van der Waals surface area (Å²) in [6.45, 7) is 1.18. The second-order valence-corrected chi connectivity index (χ2v) is 1.61. The fourth-order valence-corrected chi connectivity index (χ4v) is 0.311. The number of alkyl halides is 1. The molecule has 9 heavy (non-hydrogen) atoms. The van der Waals surface area contributed by atoms with Crippen molar-refractivity contribution in [2.24, 2.45) is 0 Å². The largest absolute Gasteiger partial charge is 0.298 e. The number of rotatable bonds is 3. The minimum atomic E-state index is -0.483. The fraction of sp³-hybridized carbons (Fsp3) is 0.286.